The average molecular weight is 335 g/mol. The largest absolute Gasteiger partial charge is 0.244 e. The number of aryl methyl sites for hydroxylation is 3. The first-order chi connectivity index (χ1) is 10.4. The van der Waals surface area contributed by atoms with Crippen LogP contribution < -0.4 is 0 Å². The Kier molecular flexibility index (Phi) is 4.14. The molecule has 1 atom stereocenters. The Balaban J connectivity index is 2.01. The van der Waals surface area contributed by atoms with Crippen molar-refractivity contribution in [1.29, 1.82) is 0 Å². The van der Waals surface area contributed by atoms with Gasteiger partial charge in [-0.3, -0.25) is 0 Å². The van der Waals surface area contributed by atoms with E-state index in [4.69, 9.17) is 0 Å². The summed E-state index contributed by atoms with van der Waals surface area (Å²) in [7, 11) is -1.73. The third kappa shape index (κ3) is 2.62. The van der Waals surface area contributed by atoms with Gasteiger partial charge in [-0.05, 0) is 50.3 Å². The molecule has 1 aliphatic rings. The Labute approximate surface area is 136 Å². The number of sulfonamides is 1. The predicted octanol–water partition coefficient (Wildman–Crippen LogP) is 4.06. The van der Waals surface area contributed by atoms with Crippen LogP contribution >= 0.6 is 11.3 Å². The molecule has 2 aromatic rings. The van der Waals surface area contributed by atoms with Gasteiger partial charge in [0.25, 0.3) is 0 Å². The van der Waals surface area contributed by atoms with Crippen LogP contribution in [0.1, 0.15) is 39.8 Å². The molecule has 0 aliphatic heterocycles. The number of fused-ring (bicyclic) bond motifs is 1. The first-order valence-corrected chi connectivity index (χ1v) is 9.80. The number of hydrogen-bond donors (Lipinski definition) is 0. The van der Waals surface area contributed by atoms with Crippen LogP contribution in [0, 0.1) is 13.8 Å². The van der Waals surface area contributed by atoms with Crippen LogP contribution in [-0.2, 0) is 16.4 Å². The van der Waals surface area contributed by atoms with Crippen LogP contribution in [0.4, 0.5) is 0 Å². The molecule has 118 valence electrons. The lowest BCUT2D eigenvalue weighted by Crippen LogP contribution is -2.33. The Hall–Kier alpha value is -1.17. The summed E-state index contributed by atoms with van der Waals surface area (Å²) in [6.45, 7) is 3.83. The topological polar surface area (TPSA) is 37.4 Å². The van der Waals surface area contributed by atoms with Crippen LogP contribution in [-0.4, -0.2) is 19.8 Å². The first-order valence-electron chi connectivity index (χ1n) is 7.54. The summed E-state index contributed by atoms with van der Waals surface area (Å²) in [4.78, 5) is 2.36. The SMILES string of the molecule is Cc1cc(S(=O)(=O)N(C)C2CCCc3ccccc32)c(C)s1. The summed E-state index contributed by atoms with van der Waals surface area (Å²) >= 11 is 1.54. The summed E-state index contributed by atoms with van der Waals surface area (Å²) in [6.07, 6.45) is 2.95. The first kappa shape index (κ1) is 15.7. The second-order valence-corrected chi connectivity index (χ2v) is 9.33. The maximum atomic E-state index is 13.0. The van der Waals surface area contributed by atoms with Gasteiger partial charge in [-0.15, -0.1) is 11.3 Å². The van der Waals surface area contributed by atoms with Crippen molar-refractivity contribution in [3.05, 3.63) is 51.2 Å². The maximum Gasteiger partial charge on any atom is 0.244 e. The summed E-state index contributed by atoms with van der Waals surface area (Å²) in [5.41, 5.74) is 2.43. The van der Waals surface area contributed by atoms with Crippen LogP contribution in [0.3, 0.4) is 0 Å². The van der Waals surface area contributed by atoms with Crippen LogP contribution in [0.5, 0.6) is 0 Å². The van der Waals surface area contributed by atoms with Gasteiger partial charge in [0.2, 0.25) is 10.0 Å². The quantitative estimate of drug-likeness (QED) is 0.848. The number of nitrogens with zero attached hydrogens (tertiary/aromatic N) is 1. The zero-order chi connectivity index (χ0) is 15.9. The van der Waals surface area contributed by atoms with Gasteiger partial charge in [0.1, 0.15) is 0 Å². The minimum Gasteiger partial charge on any atom is -0.207 e. The fourth-order valence-electron chi connectivity index (χ4n) is 3.29. The van der Waals surface area contributed by atoms with E-state index >= 15 is 0 Å². The molecular weight excluding hydrogens is 314 g/mol. The Morgan fingerprint density at radius 3 is 2.64 bits per heavy atom. The maximum absolute atomic E-state index is 13.0. The van der Waals surface area contributed by atoms with E-state index in [9.17, 15) is 8.42 Å². The molecule has 1 aromatic heterocycles. The van der Waals surface area contributed by atoms with Crippen molar-refractivity contribution in [1.82, 2.24) is 4.31 Å². The molecule has 0 radical (unpaired) electrons. The van der Waals surface area contributed by atoms with E-state index in [1.54, 1.807) is 17.4 Å². The van der Waals surface area contributed by atoms with Crippen LogP contribution in [0.25, 0.3) is 0 Å². The highest BCUT2D eigenvalue weighted by Crippen LogP contribution is 2.37. The molecule has 0 fully saturated rings. The van der Waals surface area contributed by atoms with Gasteiger partial charge in [-0.25, -0.2) is 8.42 Å². The van der Waals surface area contributed by atoms with Crippen molar-refractivity contribution in [2.45, 2.75) is 44.0 Å². The standard InChI is InChI=1S/C17H21NO2S2/c1-12-11-17(13(2)21-12)22(19,20)18(3)16-10-6-8-14-7-4-5-9-15(14)16/h4-5,7,9,11,16H,6,8,10H2,1-3H3. The van der Waals surface area contributed by atoms with Crippen molar-refractivity contribution in [3.63, 3.8) is 0 Å². The van der Waals surface area contributed by atoms with Crippen LogP contribution in [0.2, 0.25) is 0 Å². The van der Waals surface area contributed by atoms with Gasteiger partial charge in [-0.2, -0.15) is 4.31 Å². The van der Waals surface area contributed by atoms with Gasteiger partial charge in [0.05, 0.1) is 4.90 Å². The van der Waals surface area contributed by atoms with Gasteiger partial charge in [0.15, 0.2) is 0 Å². The lowest BCUT2D eigenvalue weighted by molar-refractivity contribution is 0.337. The highest BCUT2D eigenvalue weighted by atomic mass is 32.2. The highest BCUT2D eigenvalue weighted by Gasteiger charge is 2.33. The zero-order valence-corrected chi connectivity index (χ0v) is 14.8. The molecule has 0 saturated carbocycles. The number of hydrogen-bond acceptors (Lipinski definition) is 3. The third-order valence-electron chi connectivity index (χ3n) is 4.43. The lowest BCUT2D eigenvalue weighted by Gasteiger charge is -2.32. The molecule has 1 heterocycles. The second-order valence-electron chi connectivity index (χ2n) is 5.91. The Morgan fingerprint density at radius 1 is 1.23 bits per heavy atom. The smallest absolute Gasteiger partial charge is 0.207 e. The monoisotopic (exact) mass is 335 g/mol. The molecule has 1 aromatic carbocycles. The van der Waals surface area contributed by atoms with Crippen molar-refractivity contribution < 1.29 is 8.42 Å². The molecular formula is C17H21NO2S2. The fourth-order valence-corrected chi connectivity index (χ4v) is 6.18. The fraction of sp³-hybridized carbons (Fsp3) is 0.412. The van der Waals surface area contributed by atoms with E-state index in [0.717, 1.165) is 34.6 Å². The van der Waals surface area contributed by atoms with E-state index in [1.165, 1.54) is 16.9 Å². The molecule has 3 nitrogen and oxygen atoms in total. The normalized spacial score (nSPS) is 18.5. The van der Waals surface area contributed by atoms with Crippen molar-refractivity contribution >= 4 is 21.4 Å². The van der Waals surface area contributed by atoms with E-state index in [-0.39, 0.29) is 6.04 Å². The van der Waals surface area contributed by atoms with Crippen molar-refractivity contribution in [2.75, 3.05) is 7.05 Å². The second kappa shape index (κ2) is 5.80. The number of thiophene rings is 1. The van der Waals surface area contributed by atoms with Gasteiger partial charge >= 0.3 is 0 Å². The van der Waals surface area contributed by atoms with Crippen molar-refractivity contribution in [2.24, 2.45) is 0 Å². The Bertz CT molecular complexity index is 793. The van der Waals surface area contributed by atoms with E-state index in [2.05, 4.69) is 12.1 Å². The minimum atomic E-state index is -3.45. The van der Waals surface area contributed by atoms with Crippen LogP contribution in [0.15, 0.2) is 35.2 Å². The Morgan fingerprint density at radius 2 is 1.95 bits per heavy atom. The third-order valence-corrected chi connectivity index (χ3v) is 7.52. The molecule has 5 heteroatoms. The number of benzene rings is 1. The summed E-state index contributed by atoms with van der Waals surface area (Å²) in [5, 5.41) is 0. The molecule has 3 rings (SSSR count). The molecule has 0 saturated heterocycles. The molecule has 22 heavy (non-hydrogen) atoms. The summed E-state index contributed by atoms with van der Waals surface area (Å²) in [6, 6.07) is 9.94. The minimum absolute atomic E-state index is 0.0606. The number of rotatable bonds is 3. The van der Waals surface area contributed by atoms with E-state index < -0.39 is 10.0 Å². The summed E-state index contributed by atoms with van der Waals surface area (Å²) < 4.78 is 27.6. The van der Waals surface area contributed by atoms with Crippen molar-refractivity contribution in [3.8, 4) is 0 Å². The van der Waals surface area contributed by atoms with Gasteiger partial charge in [-0.1, -0.05) is 24.3 Å². The molecule has 0 N–H and O–H groups in total. The van der Waals surface area contributed by atoms with E-state index in [1.807, 2.05) is 26.0 Å². The highest BCUT2D eigenvalue weighted by molar-refractivity contribution is 7.89. The average Bonchev–Trinajstić information content (AvgIpc) is 2.85. The molecule has 1 unspecified atom stereocenters. The summed E-state index contributed by atoms with van der Waals surface area (Å²) in [5.74, 6) is 0. The zero-order valence-electron chi connectivity index (χ0n) is 13.2. The van der Waals surface area contributed by atoms with E-state index in [0.29, 0.717) is 4.90 Å². The molecule has 0 spiro atoms. The van der Waals surface area contributed by atoms with Gasteiger partial charge < -0.3 is 0 Å². The van der Waals surface area contributed by atoms with Gasteiger partial charge in [0, 0.05) is 22.8 Å². The molecule has 0 bridgehead atoms. The predicted molar refractivity (Wildman–Crippen MR) is 90.9 cm³/mol. The lowest BCUT2D eigenvalue weighted by atomic mass is 9.88. The molecule has 0 amide bonds. The molecule has 1 aliphatic carbocycles.